The van der Waals surface area contributed by atoms with Gasteiger partial charge >= 0.3 is 6.18 Å². The van der Waals surface area contributed by atoms with Gasteiger partial charge in [-0.25, -0.2) is 0 Å². The lowest BCUT2D eigenvalue weighted by atomic mass is 9.72. The number of hydrogen-bond acceptors (Lipinski definition) is 4. The number of fused-ring (bicyclic) bond motifs is 3. The number of rotatable bonds is 10. The molecule has 5 aliphatic rings. The van der Waals surface area contributed by atoms with E-state index in [0.29, 0.717) is 53.7 Å². The maximum absolute atomic E-state index is 13.9. The van der Waals surface area contributed by atoms with Gasteiger partial charge in [0.25, 0.3) is 0 Å². The topological polar surface area (TPSA) is 47.6 Å². The SMILES string of the molecule is COC1COCCC1NC1CC2CCCC2(C(=O)CCC2CC3CC(CCc4ccc(C)c(C(F)(F)F)c4)C(C2)C3)C1. The fourth-order valence-corrected chi connectivity index (χ4v) is 10.1. The minimum Gasteiger partial charge on any atom is -0.379 e. The molecule has 234 valence electrons. The third-order valence-electron chi connectivity index (χ3n) is 12.2. The summed E-state index contributed by atoms with van der Waals surface area (Å²) in [5.41, 5.74) is 0.490. The molecule has 4 aliphatic carbocycles. The van der Waals surface area contributed by atoms with Crippen LogP contribution < -0.4 is 5.32 Å². The Bertz CT molecular complexity index is 1110. The van der Waals surface area contributed by atoms with Crippen molar-refractivity contribution in [2.45, 2.75) is 121 Å². The number of carbonyl (C=O) groups is 1. The number of halogens is 3. The van der Waals surface area contributed by atoms with Crippen LogP contribution in [0.4, 0.5) is 13.2 Å². The van der Waals surface area contributed by atoms with Crippen LogP contribution in [0.5, 0.6) is 0 Å². The number of Topliss-reactive ketones (excluding diaryl/α,β-unsaturated/α-hetero) is 1. The van der Waals surface area contributed by atoms with Gasteiger partial charge in [0.05, 0.1) is 18.3 Å². The van der Waals surface area contributed by atoms with Gasteiger partial charge in [-0.1, -0.05) is 18.6 Å². The minimum absolute atomic E-state index is 0.0885. The van der Waals surface area contributed by atoms with E-state index in [1.807, 2.05) is 6.07 Å². The minimum atomic E-state index is -4.29. The lowest BCUT2D eigenvalue weighted by Crippen LogP contribution is -2.50. The van der Waals surface area contributed by atoms with Gasteiger partial charge in [-0.2, -0.15) is 13.2 Å². The Hall–Kier alpha value is -1.44. The Kier molecular flexibility index (Phi) is 9.11. The Labute approximate surface area is 249 Å². The zero-order valence-electron chi connectivity index (χ0n) is 25.5. The molecule has 5 fully saturated rings. The van der Waals surface area contributed by atoms with Gasteiger partial charge in [0.15, 0.2) is 0 Å². The number of aryl methyl sites for hydroxylation is 2. The van der Waals surface area contributed by atoms with Gasteiger partial charge in [0, 0.05) is 37.6 Å². The highest BCUT2D eigenvalue weighted by Gasteiger charge is 2.54. The summed E-state index contributed by atoms with van der Waals surface area (Å²) in [5.74, 6) is 3.67. The third kappa shape index (κ3) is 6.35. The zero-order valence-corrected chi connectivity index (χ0v) is 25.5. The second-order valence-corrected chi connectivity index (χ2v) is 14.6. The van der Waals surface area contributed by atoms with E-state index in [4.69, 9.17) is 9.47 Å². The largest absolute Gasteiger partial charge is 0.416 e. The number of hydrogen-bond donors (Lipinski definition) is 1. The molecule has 1 aromatic rings. The predicted molar refractivity (Wildman–Crippen MR) is 157 cm³/mol. The average Bonchev–Trinajstić information content (AvgIpc) is 3.61. The first-order valence-corrected chi connectivity index (χ1v) is 16.7. The van der Waals surface area contributed by atoms with Crippen molar-refractivity contribution in [1.29, 1.82) is 0 Å². The molecular weight excluding hydrogens is 539 g/mol. The van der Waals surface area contributed by atoms with Crippen LogP contribution in [-0.2, 0) is 26.9 Å². The summed E-state index contributed by atoms with van der Waals surface area (Å²) in [7, 11) is 1.76. The maximum atomic E-state index is 13.9. The second kappa shape index (κ2) is 12.5. The molecule has 6 rings (SSSR count). The van der Waals surface area contributed by atoms with E-state index in [-0.39, 0.29) is 11.5 Å². The summed E-state index contributed by atoms with van der Waals surface area (Å²) < 4.78 is 51.5. The van der Waals surface area contributed by atoms with Crippen LogP contribution in [0.1, 0.15) is 100 Å². The van der Waals surface area contributed by atoms with Crippen LogP contribution in [0.2, 0.25) is 0 Å². The molecule has 9 atom stereocenters. The number of benzene rings is 1. The molecule has 42 heavy (non-hydrogen) atoms. The van der Waals surface area contributed by atoms with Crippen molar-refractivity contribution in [2.24, 2.45) is 35.0 Å². The summed E-state index contributed by atoms with van der Waals surface area (Å²) in [6, 6.07) is 5.56. The van der Waals surface area contributed by atoms with E-state index in [1.54, 1.807) is 13.2 Å². The van der Waals surface area contributed by atoms with Crippen molar-refractivity contribution in [3.8, 4) is 0 Å². The van der Waals surface area contributed by atoms with Crippen LogP contribution in [0.3, 0.4) is 0 Å². The molecule has 0 amide bonds. The number of ether oxygens (including phenoxy) is 2. The second-order valence-electron chi connectivity index (χ2n) is 14.6. The molecule has 1 heterocycles. The van der Waals surface area contributed by atoms with E-state index in [1.165, 1.54) is 51.5 Å². The van der Waals surface area contributed by atoms with Crippen LogP contribution in [0, 0.1) is 41.9 Å². The summed E-state index contributed by atoms with van der Waals surface area (Å²) >= 11 is 0. The highest BCUT2D eigenvalue weighted by Crippen LogP contribution is 2.56. The van der Waals surface area contributed by atoms with Crippen LogP contribution in [0.15, 0.2) is 18.2 Å². The molecule has 1 aliphatic heterocycles. The fourth-order valence-electron chi connectivity index (χ4n) is 10.1. The smallest absolute Gasteiger partial charge is 0.379 e. The van der Waals surface area contributed by atoms with E-state index in [9.17, 15) is 18.0 Å². The highest BCUT2D eigenvalue weighted by molar-refractivity contribution is 5.86. The normalized spacial score (nSPS) is 38.1. The van der Waals surface area contributed by atoms with Crippen molar-refractivity contribution < 1.29 is 27.4 Å². The van der Waals surface area contributed by atoms with Gasteiger partial charge < -0.3 is 14.8 Å². The van der Waals surface area contributed by atoms with Crippen molar-refractivity contribution >= 4 is 5.78 Å². The molecule has 9 unspecified atom stereocenters. The number of ketones is 1. The quantitative estimate of drug-likeness (QED) is 0.304. The Balaban J connectivity index is 0.999. The standard InChI is InChI=1S/C35H50F3NO3/c1-22-5-6-23(18-30(22)35(36,37)38)7-9-26-16-25-14-24(15-27(26)17-25)8-10-33(40)34-12-3-4-28(34)19-29(20-34)39-31-11-13-42-21-32(31)41-2/h5-6,18,24-29,31-32,39H,3-4,7-17,19-21H2,1-2H3. The van der Waals surface area contributed by atoms with Gasteiger partial charge in [-0.15, -0.1) is 0 Å². The molecule has 0 radical (unpaired) electrons. The van der Waals surface area contributed by atoms with Crippen molar-refractivity contribution in [1.82, 2.24) is 5.32 Å². The molecule has 2 bridgehead atoms. The number of methoxy groups -OCH3 is 1. The lowest BCUT2D eigenvalue weighted by molar-refractivity contribution is -0.138. The number of nitrogens with one attached hydrogen (secondary N) is 1. The number of alkyl halides is 3. The van der Waals surface area contributed by atoms with Gasteiger partial charge in [0.1, 0.15) is 5.78 Å². The Morgan fingerprint density at radius 3 is 2.79 bits per heavy atom. The van der Waals surface area contributed by atoms with E-state index in [2.05, 4.69) is 5.32 Å². The molecule has 4 nitrogen and oxygen atoms in total. The first-order chi connectivity index (χ1) is 20.1. The molecule has 1 saturated heterocycles. The summed E-state index contributed by atoms with van der Waals surface area (Å²) in [4.78, 5) is 13.9. The summed E-state index contributed by atoms with van der Waals surface area (Å²) in [6.07, 6.45) is 10.6. The van der Waals surface area contributed by atoms with Crippen LogP contribution in [0.25, 0.3) is 0 Å². The Morgan fingerprint density at radius 2 is 1.98 bits per heavy atom. The first kappa shape index (κ1) is 30.6. The lowest BCUT2D eigenvalue weighted by Gasteiger charge is -2.34. The van der Waals surface area contributed by atoms with E-state index < -0.39 is 11.7 Å². The van der Waals surface area contributed by atoms with Crippen molar-refractivity contribution in [2.75, 3.05) is 20.3 Å². The van der Waals surface area contributed by atoms with Gasteiger partial charge in [-0.3, -0.25) is 4.79 Å². The van der Waals surface area contributed by atoms with Crippen LogP contribution in [-0.4, -0.2) is 44.3 Å². The zero-order chi connectivity index (χ0) is 29.5. The summed E-state index contributed by atoms with van der Waals surface area (Å²) in [5, 5.41) is 3.88. The number of carbonyl (C=O) groups excluding carboxylic acids is 1. The van der Waals surface area contributed by atoms with Crippen molar-refractivity contribution in [3.63, 3.8) is 0 Å². The molecular formula is C35H50F3NO3. The Morgan fingerprint density at radius 1 is 1.12 bits per heavy atom. The van der Waals surface area contributed by atoms with Crippen molar-refractivity contribution in [3.05, 3.63) is 34.9 Å². The molecule has 1 N–H and O–H groups in total. The fraction of sp³-hybridized carbons (Fsp3) is 0.800. The van der Waals surface area contributed by atoms with Crippen LogP contribution >= 0.6 is 0 Å². The first-order valence-electron chi connectivity index (χ1n) is 16.7. The molecule has 1 aromatic carbocycles. The van der Waals surface area contributed by atoms with E-state index in [0.717, 1.165) is 69.5 Å². The van der Waals surface area contributed by atoms with Gasteiger partial charge in [0.2, 0.25) is 0 Å². The van der Waals surface area contributed by atoms with Gasteiger partial charge in [-0.05, 0) is 131 Å². The third-order valence-corrected chi connectivity index (χ3v) is 12.2. The molecule has 7 heteroatoms. The maximum Gasteiger partial charge on any atom is 0.416 e. The average molecular weight is 590 g/mol. The van der Waals surface area contributed by atoms with E-state index >= 15 is 0 Å². The molecule has 4 saturated carbocycles. The summed E-state index contributed by atoms with van der Waals surface area (Å²) in [6.45, 7) is 2.95. The monoisotopic (exact) mass is 589 g/mol. The highest BCUT2D eigenvalue weighted by atomic mass is 19.4. The molecule has 0 aromatic heterocycles. The predicted octanol–water partition coefficient (Wildman–Crippen LogP) is 7.69. The molecule has 0 spiro atoms.